The molecule has 0 amide bonds. The Kier molecular flexibility index (Phi) is 4.95. The van der Waals surface area contributed by atoms with Crippen molar-refractivity contribution in [2.45, 2.75) is 6.42 Å². The van der Waals surface area contributed by atoms with Crippen molar-refractivity contribution in [1.29, 1.82) is 0 Å². The minimum absolute atomic E-state index is 0.577. The summed E-state index contributed by atoms with van der Waals surface area (Å²) in [7, 11) is 0. The van der Waals surface area contributed by atoms with Gasteiger partial charge in [0.15, 0.2) is 0 Å². The van der Waals surface area contributed by atoms with Gasteiger partial charge in [-0.2, -0.15) is 0 Å². The molecule has 3 nitrogen and oxygen atoms in total. The third kappa shape index (κ3) is 2.96. The van der Waals surface area contributed by atoms with Crippen LogP contribution in [-0.2, 0) is 0 Å². The molecule has 1 radical (unpaired) electrons. The molecule has 0 aliphatic carbocycles. The molecule has 0 aliphatic heterocycles. The maximum atomic E-state index is 5.30. The first-order valence-corrected chi connectivity index (χ1v) is 2.79. The van der Waals surface area contributed by atoms with E-state index in [1.54, 1.807) is 0 Å². The minimum Gasteiger partial charge on any atom is -0.330 e. The van der Waals surface area contributed by atoms with Gasteiger partial charge in [0.1, 0.15) is 0 Å². The maximum Gasteiger partial charge on any atom is 0.00409 e. The molecule has 6 N–H and O–H groups in total. The summed E-state index contributed by atoms with van der Waals surface area (Å²) in [5, 5.41) is 0. The Morgan fingerprint density at radius 3 is 1.62 bits per heavy atom. The van der Waals surface area contributed by atoms with Crippen molar-refractivity contribution < 1.29 is 0 Å². The van der Waals surface area contributed by atoms with Gasteiger partial charge in [0.25, 0.3) is 0 Å². The van der Waals surface area contributed by atoms with Crippen molar-refractivity contribution >= 4 is 0 Å². The first-order chi connectivity index (χ1) is 3.85. The first kappa shape index (κ1) is 7.88. The van der Waals surface area contributed by atoms with Gasteiger partial charge in [-0.15, -0.1) is 0 Å². The molecular weight excluding hydrogens is 102 g/mol. The quantitative estimate of drug-likeness (QED) is 0.433. The molecule has 3 heteroatoms. The summed E-state index contributed by atoms with van der Waals surface area (Å²) in [4.78, 5) is 0. The molecule has 0 rings (SSSR count). The van der Waals surface area contributed by atoms with Crippen molar-refractivity contribution in [3.63, 3.8) is 0 Å². The van der Waals surface area contributed by atoms with Crippen molar-refractivity contribution in [2.24, 2.45) is 17.2 Å². The molecule has 49 valence electrons. The summed E-state index contributed by atoms with van der Waals surface area (Å²) >= 11 is 0. The highest BCUT2D eigenvalue weighted by Crippen LogP contribution is 1.96. The maximum absolute atomic E-state index is 5.30. The Morgan fingerprint density at radius 2 is 1.50 bits per heavy atom. The predicted octanol–water partition coefficient (Wildman–Crippen LogP) is -1.17. The molecule has 0 heterocycles. The average molecular weight is 116 g/mol. The molecule has 0 spiro atoms. The number of rotatable bonds is 4. The Bertz CT molecular complexity index is 42.9. The highest BCUT2D eigenvalue weighted by Gasteiger charge is 2.00. The van der Waals surface area contributed by atoms with E-state index in [0.717, 1.165) is 12.3 Å². The van der Waals surface area contributed by atoms with E-state index in [1.807, 2.05) is 0 Å². The zero-order valence-corrected chi connectivity index (χ0v) is 5.06. The second kappa shape index (κ2) is 5.03. The molecule has 0 fully saturated rings. The van der Waals surface area contributed by atoms with Gasteiger partial charge in [-0.05, 0) is 26.1 Å². The van der Waals surface area contributed by atoms with Gasteiger partial charge in [0, 0.05) is 5.92 Å². The van der Waals surface area contributed by atoms with Crippen LogP contribution in [0.25, 0.3) is 0 Å². The Balaban J connectivity index is 3.07. The van der Waals surface area contributed by atoms with Crippen molar-refractivity contribution in [1.82, 2.24) is 0 Å². The predicted molar refractivity (Wildman–Crippen MR) is 35.0 cm³/mol. The van der Waals surface area contributed by atoms with E-state index in [0.29, 0.717) is 19.6 Å². The summed E-state index contributed by atoms with van der Waals surface area (Å²) in [6.07, 6.45) is 0.868. The standard InChI is InChI=1S/C5H14N3/c6-2-1-5(3-7)4-8/h1-4,6-8H2. The van der Waals surface area contributed by atoms with Gasteiger partial charge in [0.2, 0.25) is 0 Å². The lowest BCUT2D eigenvalue weighted by molar-refractivity contribution is 0.753. The third-order valence-corrected chi connectivity index (χ3v) is 1.08. The third-order valence-electron chi connectivity index (χ3n) is 1.08. The Hall–Kier alpha value is -0.120. The van der Waals surface area contributed by atoms with Crippen LogP contribution >= 0.6 is 0 Å². The van der Waals surface area contributed by atoms with Gasteiger partial charge in [0.05, 0.1) is 0 Å². The van der Waals surface area contributed by atoms with Gasteiger partial charge in [-0.3, -0.25) is 0 Å². The number of nitrogens with two attached hydrogens (primary N) is 3. The van der Waals surface area contributed by atoms with Crippen LogP contribution < -0.4 is 17.2 Å². The Labute approximate surface area is 50.2 Å². The van der Waals surface area contributed by atoms with Crippen LogP contribution in [0, 0.1) is 5.92 Å². The summed E-state index contributed by atoms with van der Waals surface area (Å²) in [6.45, 7) is 1.81. The topological polar surface area (TPSA) is 78.1 Å². The molecule has 0 aromatic rings. The zero-order valence-electron chi connectivity index (χ0n) is 5.06. The normalized spacial score (nSPS) is 10.5. The monoisotopic (exact) mass is 116 g/mol. The van der Waals surface area contributed by atoms with Crippen LogP contribution in [0.5, 0.6) is 0 Å². The first-order valence-electron chi connectivity index (χ1n) is 2.79. The van der Waals surface area contributed by atoms with Gasteiger partial charge >= 0.3 is 0 Å². The highest BCUT2D eigenvalue weighted by atomic mass is 14.6. The van der Waals surface area contributed by atoms with E-state index in [4.69, 9.17) is 17.2 Å². The van der Waals surface area contributed by atoms with E-state index in [1.165, 1.54) is 0 Å². The minimum atomic E-state index is 0.577. The molecule has 0 aromatic carbocycles. The van der Waals surface area contributed by atoms with Crippen LogP contribution in [-0.4, -0.2) is 19.6 Å². The SMILES string of the molecule is NCC[C](CN)CN. The summed E-state index contributed by atoms with van der Waals surface area (Å²) in [5.41, 5.74) is 15.8. The summed E-state index contributed by atoms with van der Waals surface area (Å²) in [5.74, 6) is 1.15. The van der Waals surface area contributed by atoms with Gasteiger partial charge in [-0.25, -0.2) is 0 Å². The molecule has 0 aliphatic rings. The molecule has 0 bridgehead atoms. The summed E-state index contributed by atoms with van der Waals surface area (Å²) in [6, 6.07) is 0. The van der Waals surface area contributed by atoms with Crippen molar-refractivity contribution in [3.05, 3.63) is 5.92 Å². The smallest absolute Gasteiger partial charge is 0.00409 e. The highest BCUT2D eigenvalue weighted by molar-refractivity contribution is 4.91. The lowest BCUT2D eigenvalue weighted by atomic mass is 10.1. The largest absolute Gasteiger partial charge is 0.330 e. The molecular formula is C5H14N3. The van der Waals surface area contributed by atoms with E-state index < -0.39 is 0 Å². The fourth-order valence-electron chi connectivity index (χ4n) is 0.492. The molecule has 0 unspecified atom stereocenters. The second-order valence-electron chi connectivity index (χ2n) is 1.70. The number of hydrogen-bond acceptors (Lipinski definition) is 3. The summed E-state index contributed by atoms with van der Waals surface area (Å²) < 4.78 is 0. The molecule has 8 heavy (non-hydrogen) atoms. The molecule has 0 aromatic heterocycles. The molecule has 0 saturated carbocycles. The second-order valence-corrected chi connectivity index (χ2v) is 1.70. The average Bonchev–Trinajstić information content (AvgIpc) is 1.83. The zero-order chi connectivity index (χ0) is 6.41. The van der Waals surface area contributed by atoms with Gasteiger partial charge in [-0.1, -0.05) is 0 Å². The fraction of sp³-hybridized carbons (Fsp3) is 0.800. The Morgan fingerprint density at radius 1 is 1.00 bits per heavy atom. The van der Waals surface area contributed by atoms with E-state index in [-0.39, 0.29) is 0 Å². The molecule has 0 saturated heterocycles. The van der Waals surface area contributed by atoms with Gasteiger partial charge < -0.3 is 17.2 Å². The van der Waals surface area contributed by atoms with Crippen LogP contribution in [0.4, 0.5) is 0 Å². The fourth-order valence-corrected chi connectivity index (χ4v) is 0.492. The van der Waals surface area contributed by atoms with Crippen molar-refractivity contribution in [3.8, 4) is 0 Å². The van der Waals surface area contributed by atoms with Crippen LogP contribution in [0.15, 0.2) is 0 Å². The van der Waals surface area contributed by atoms with Crippen LogP contribution in [0.3, 0.4) is 0 Å². The lowest BCUT2D eigenvalue weighted by Crippen LogP contribution is -2.23. The van der Waals surface area contributed by atoms with Crippen LogP contribution in [0.2, 0.25) is 0 Å². The van der Waals surface area contributed by atoms with Crippen LogP contribution in [0.1, 0.15) is 6.42 Å². The van der Waals surface area contributed by atoms with E-state index in [9.17, 15) is 0 Å². The van der Waals surface area contributed by atoms with E-state index >= 15 is 0 Å². The lowest BCUT2D eigenvalue weighted by Gasteiger charge is -2.07. The van der Waals surface area contributed by atoms with E-state index in [2.05, 4.69) is 0 Å². The van der Waals surface area contributed by atoms with Crippen molar-refractivity contribution in [2.75, 3.05) is 19.6 Å². The number of hydrogen-bond donors (Lipinski definition) is 3. The molecule has 0 atom stereocenters.